The van der Waals surface area contributed by atoms with E-state index in [1.807, 2.05) is 0 Å². The maximum absolute atomic E-state index is 4.61. The van der Waals surface area contributed by atoms with Crippen molar-refractivity contribution in [2.24, 2.45) is 0 Å². The highest BCUT2D eigenvalue weighted by molar-refractivity contribution is 9.10. The minimum Gasteiger partial charge on any atom is -0.150 e. The lowest BCUT2D eigenvalue weighted by molar-refractivity contribution is 1.05. The van der Waals surface area contributed by atoms with Gasteiger partial charge in [-0.2, -0.15) is 0 Å². The second-order valence-electron chi connectivity index (χ2n) is 6.73. The van der Waals surface area contributed by atoms with Gasteiger partial charge in [0.2, 0.25) is 0 Å². The fourth-order valence-electron chi connectivity index (χ4n) is 3.03. The van der Waals surface area contributed by atoms with Crippen LogP contribution < -0.4 is 0 Å². The fourth-order valence-corrected chi connectivity index (χ4v) is 3.30. The third-order valence-electron chi connectivity index (χ3n) is 4.62. The molecule has 0 radical (unpaired) electrons. The van der Waals surface area contributed by atoms with E-state index in [9.17, 15) is 0 Å². The minimum atomic E-state index is 0.879. The first kappa shape index (κ1) is 17.6. The summed E-state index contributed by atoms with van der Waals surface area (Å²) in [6.07, 6.45) is 0. The normalized spacial score (nSPS) is 10.8. The first-order chi connectivity index (χ1) is 13.1. The number of halogens is 1. The molecule has 0 atom stereocenters. The number of rotatable bonds is 3. The molecule has 0 saturated carbocycles. The lowest BCUT2D eigenvalue weighted by Gasteiger charge is -2.11. The number of aromatic nitrogens is 2. The van der Waals surface area contributed by atoms with Crippen LogP contribution in [0.5, 0.6) is 0 Å². The summed E-state index contributed by atoms with van der Waals surface area (Å²) < 4.78 is 1.06. The Morgan fingerprint density at radius 1 is 0.593 bits per heavy atom. The molecule has 0 unspecified atom stereocenters. The second-order valence-corrected chi connectivity index (χ2v) is 7.65. The van der Waals surface area contributed by atoms with Crippen molar-refractivity contribution in [3.8, 4) is 33.6 Å². The molecule has 0 aliphatic rings. The van der Waals surface area contributed by atoms with Gasteiger partial charge in [-0.05, 0) is 37.6 Å². The predicted molar refractivity (Wildman–Crippen MR) is 116 cm³/mol. The van der Waals surface area contributed by atoms with Crippen molar-refractivity contribution in [3.05, 3.63) is 94.5 Å². The lowest BCUT2D eigenvalue weighted by Crippen LogP contribution is -1.96. The summed E-state index contributed by atoms with van der Waals surface area (Å²) in [4.78, 5) is 0. The van der Waals surface area contributed by atoms with E-state index in [0.717, 1.165) is 38.1 Å². The zero-order chi connectivity index (χ0) is 18.8. The maximum Gasteiger partial charge on any atom is 0.101 e. The minimum absolute atomic E-state index is 0.879. The van der Waals surface area contributed by atoms with Crippen LogP contribution in [0.1, 0.15) is 11.1 Å². The Bertz CT molecular complexity index is 1070. The van der Waals surface area contributed by atoms with Crippen LogP contribution in [0, 0.1) is 13.8 Å². The van der Waals surface area contributed by atoms with Gasteiger partial charge in [-0.3, -0.25) is 0 Å². The Morgan fingerprint density at radius 3 is 1.70 bits per heavy atom. The van der Waals surface area contributed by atoms with Gasteiger partial charge in [-0.25, -0.2) is 0 Å². The van der Waals surface area contributed by atoms with Gasteiger partial charge in [0.25, 0.3) is 0 Å². The van der Waals surface area contributed by atoms with Crippen molar-refractivity contribution in [2.45, 2.75) is 13.8 Å². The molecule has 4 rings (SSSR count). The maximum atomic E-state index is 4.61. The van der Waals surface area contributed by atoms with Crippen molar-refractivity contribution in [1.29, 1.82) is 0 Å². The number of benzene rings is 3. The molecule has 0 aliphatic carbocycles. The molecule has 0 spiro atoms. The van der Waals surface area contributed by atoms with Crippen LogP contribution in [-0.2, 0) is 0 Å². The summed E-state index contributed by atoms with van der Waals surface area (Å²) in [6.45, 7) is 4.18. The van der Waals surface area contributed by atoms with Crippen LogP contribution in [0.25, 0.3) is 33.6 Å². The zero-order valence-corrected chi connectivity index (χ0v) is 16.9. The Hall–Kier alpha value is -2.78. The largest absolute Gasteiger partial charge is 0.150 e. The van der Waals surface area contributed by atoms with E-state index in [1.54, 1.807) is 0 Å². The Morgan fingerprint density at radius 2 is 1.11 bits per heavy atom. The first-order valence-electron chi connectivity index (χ1n) is 8.88. The van der Waals surface area contributed by atoms with Crippen LogP contribution >= 0.6 is 15.9 Å². The van der Waals surface area contributed by atoms with E-state index < -0.39 is 0 Å². The summed E-state index contributed by atoms with van der Waals surface area (Å²) in [5.41, 5.74) is 8.58. The highest BCUT2D eigenvalue weighted by atomic mass is 79.9. The highest BCUT2D eigenvalue weighted by Crippen LogP contribution is 2.33. The number of hydrogen-bond donors (Lipinski definition) is 0. The zero-order valence-electron chi connectivity index (χ0n) is 15.3. The Kier molecular flexibility index (Phi) is 4.87. The van der Waals surface area contributed by atoms with Gasteiger partial charge < -0.3 is 0 Å². The van der Waals surface area contributed by atoms with E-state index in [1.165, 1.54) is 11.1 Å². The molecule has 132 valence electrons. The summed E-state index contributed by atoms with van der Waals surface area (Å²) in [5, 5.41) is 9.14. The van der Waals surface area contributed by atoms with Gasteiger partial charge in [0.15, 0.2) is 0 Å². The second kappa shape index (κ2) is 7.45. The molecule has 4 aromatic rings. The summed E-state index contributed by atoms with van der Waals surface area (Å²) in [6, 6.07) is 27.3. The highest BCUT2D eigenvalue weighted by Gasteiger charge is 2.13. The number of hydrogen-bond acceptors (Lipinski definition) is 2. The van der Waals surface area contributed by atoms with E-state index in [-0.39, 0.29) is 0 Å². The summed E-state index contributed by atoms with van der Waals surface area (Å²) >= 11 is 3.52. The Labute approximate surface area is 168 Å². The van der Waals surface area contributed by atoms with Crippen molar-refractivity contribution < 1.29 is 0 Å². The van der Waals surface area contributed by atoms with Gasteiger partial charge >= 0.3 is 0 Å². The third-order valence-corrected chi connectivity index (χ3v) is 5.15. The average Bonchev–Trinajstić information content (AvgIpc) is 2.69. The monoisotopic (exact) mass is 414 g/mol. The van der Waals surface area contributed by atoms with Crippen LogP contribution in [0.15, 0.2) is 83.3 Å². The van der Waals surface area contributed by atoms with Gasteiger partial charge in [-0.15, -0.1) is 10.2 Å². The molecule has 0 amide bonds. The molecule has 0 N–H and O–H groups in total. The van der Waals surface area contributed by atoms with Crippen molar-refractivity contribution in [2.75, 3.05) is 0 Å². The number of aryl methyl sites for hydroxylation is 2. The molecule has 3 aromatic carbocycles. The van der Waals surface area contributed by atoms with Crippen molar-refractivity contribution >= 4 is 15.9 Å². The van der Waals surface area contributed by atoms with E-state index >= 15 is 0 Å². The predicted octanol–water partition coefficient (Wildman–Crippen LogP) is 6.86. The molecule has 1 heterocycles. The fraction of sp³-hybridized carbons (Fsp3) is 0.0833. The van der Waals surface area contributed by atoms with E-state index in [2.05, 4.69) is 119 Å². The van der Waals surface area contributed by atoms with Crippen molar-refractivity contribution in [3.63, 3.8) is 0 Å². The van der Waals surface area contributed by atoms with E-state index in [0.29, 0.717) is 0 Å². The number of nitrogens with zero attached hydrogens (tertiary/aromatic N) is 2. The molecular formula is C24H19BrN2. The van der Waals surface area contributed by atoms with Gasteiger partial charge in [0.05, 0.1) is 5.69 Å². The quantitative estimate of drug-likeness (QED) is 0.365. The summed E-state index contributed by atoms with van der Waals surface area (Å²) in [7, 11) is 0. The van der Waals surface area contributed by atoms with E-state index in [4.69, 9.17) is 0 Å². The van der Waals surface area contributed by atoms with Gasteiger partial charge in [0, 0.05) is 21.2 Å². The summed E-state index contributed by atoms with van der Waals surface area (Å²) in [5.74, 6) is 0. The first-order valence-corrected chi connectivity index (χ1v) is 9.67. The van der Waals surface area contributed by atoms with Crippen LogP contribution in [-0.4, -0.2) is 10.2 Å². The molecule has 0 bridgehead atoms. The standard InChI is InChI=1S/C24H19BrN2/c1-16-3-7-19(8-4-16)23-15-22(18-11-13-21(25)14-12-18)24(27-26-23)20-9-5-17(2)6-10-20/h3-15H,1-2H3. The van der Waals surface area contributed by atoms with Crippen LogP contribution in [0.2, 0.25) is 0 Å². The molecule has 2 nitrogen and oxygen atoms in total. The Balaban J connectivity index is 1.89. The molecule has 1 aromatic heterocycles. The van der Waals surface area contributed by atoms with Crippen molar-refractivity contribution in [1.82, 2.24) is 10.2 Å². The smallest absolute Gasteiger partial charge is 0.101 e. The third kappa shape index (κ3) is 3.83. The molecule has 0 saturated heterocycles. The van der Waals surface area contributed by atoms with Gasteiger partial charge in [-0.1, -0.05) is 87.7 Å². The molecular weight excluding hydrogens is 396 g/mol. The lowest BCUT2D eigenvalue weighted by atomic mass is 9.97. The molecule has 0 aliphatic heterocycles. The molecule has 27 heavy (non-hydrogen) atoms. The average molecular weight is 415 g/mol. The molecule has 0 fully saturated rings. The topological polar surface area (TPSA) is 25.8 Å². The van der Waals surface area contributed by atoms with Crippen LogP contribution in [0.3, 0.4) is 0 Å². The van der Waals surface area contributed by atoms with Crippen LogP contribution in [0.4, 0.5) is 0 Å². The molecule has 3 heteroatoms. The SMILES string of the molecule is Cc1ccc(-c2cc(-c3ccc(Br)cc3)c(-c3ccc(C)cc3)nn2)cc1. The van der Waals surface area contributed by atoms with Gasteiger partial charge in [0.1, 0.15) is 5.69 Å².